The molecule has 192 valence electrons. The summed E-state index contributed by atoms with van der Waals surface area (Å²) in [6.45, 7) is 3.47. The number of fused-ring (bicyclic) bond motifs is 3. The summed E-state index contributed by atoms with van der Waals surface area (Å²) in [6, 6.07) is 13.8. The maximum atomic E-state index is 13.7. The van der Waals surface area contributed by atoms with Gasteiger partial charge in [-0.05, 0) is 42.5 Å². The van der Waals surface area contributed by atoms with Crippen molar-refractivity contribution >= 4 is 45.1 Å². The van der Waals surface area contributed by atoms with E-state index in [1.165, 1.54) is 28.7 Å². The van der Waals surface area contributed by atoms with E-state index in [-0.39, 0.29) is 29.7 Å². The number of benzene rings is 1. The van der Waals surface area contributed by atoms with Gasteiger partial charge in [-0.1, -0.05) is 42.1 Å². The van der Waals surface area contributed by atoms with Gasteiger partial charge < -0.3 is 14.6 Å². The number of rotatable bonds is 9. The van der Waals surface area contributed by atoms with Crippen LogP contribution in [0.5, 0.6) is 0 Å². The van der Waals surface area contributed by atoms with Crippen molar-refractivity contribution in [2.45, 2.75) is 44.4 Å². The molecule has 0 spiro atoms. The first-order valence-corrected chi connectivity index (χ1v) is 14.1. The molecule has 1 aromatic carbocycles. The lowest BCUT2D eigenvalue weighted by molar-refractivity contribution is -0.129. The molecular weight excluding hydrogens is 508 g/mol. The predicted molar refractivity (Wildman–Crippen MR) is 145 cm³/mol. The number of hydrogen-bond acceptors (Lipinski definition) is 7. The molecule has 5 rings (SSSR count). The summed E-state index contributed by atoms with van der Waals surface area (Å²) in [5, 5.41) is 4.06. The number of nitrogens with one attached hydrogen (secondary N) is 1. The first-order valence-electron chi connectivity index (χ1n) is 12.3. The highest BCUT2D eigenvalue weighted by Crippen LogP contribution is 2.34. The second-order valence-corrected chi connectivity index (χ2v) is 11.0. The lowest BCUT2D eigenvalue weighted by atomic mass is 10.1. The normalized spacial score (nSPS) is 13.1. The molecule has 1 aliphatic heterocycles. The largest absolute Gasteiger partial charge is 0.467 e. The van der Waals surface area contributed by atoms with Crippen LogP contribution in [0.1, 0.15) is 35.1 Å². The molecule has 4 heterocycles. The van der Waals surface area contributed by atoms with Gasteiger partial charge in [-0.15, -0.1) is 11.3 Å². The van der Waals surface area contributed by atoms with Crippen LogP contribution in [0.4, 0.5) is 0 Å². The van der Waals surface area contributed by atoms with Crippen LogP contribution >= 0.6 is 23.1 Å². The fraction of sp³-hybridized carbons (Fsp3) is 0.333. The lowest BCUT2D eigenvalue weighted by Crippen LogP contribution is -2.34. The fourth-order valence-electron chi connectivity index (χ4n) is 4.48. The molecule has 37 heavy (non-hydrogen) atoms. The standard InChI is InChI=1S/C27H28N4O4S2/c1-18(32)30-13-11-21-22(16-30)37-25-24(21)26(34)31(15-20-10-6-14-35-20)27(29-25)36-17-23(33)28-12-5-9-19-7-3-2-4-8-19/h2-4,6-8,10,14H,5,9,11-13,15-17H2,1H3,(H,28,33). The molecule has 8 nitrogen and oxygen atoms in total. The third-order valence-corrected chi connectivity index (χ3v) is 8.49. The van der Waals surface area contributed by atoms with Crippen LogP contribution in [0.3, 0.4) is 0 Å². The number of thioether (sulfide) groups is 1. The summed E-state index contributed by atoms with van der Waals surface area (Å²) in [5.74, 6) is 0.726. The highest BCUT2D eigenvalue weighted by Gasteiger charge is 2.26. The zero-order chi connectivity index (χ0) is 25.8. The van der Waals surface area contributed by atoms with Gasteiger partial charge >= 0.3 is 0 Å². The van der Waals surface area contributed by atoms with Crippen LogP contribution in [0.2, 0.25) is 0 Å². The first-order chi connectivity index (χ1) is 18.0. The van der Waals surface area contributed by atoms with Crippen molar-refractivity contribution in [3.63, 3.8) is 0 Å². The Labute approximate surface area is 222 Å². The molecule has 1 N–H and O–H groups in total. The van der Waals surface area contributed by atoms with Gasteiger partial charge in [0.1, 0.15) is 10.6 Å². The second kappa shape index (κ2) is 11.4. The van der Waals surface area contributed by atoms with E-state index in [1.807, 2.05) is 24.3 Å². The van der Waals surface area contributed by atoms with Gasteiger partial charge in [-0.2, -0.15) is 0 Å². The Morgan fingerprint density at radius 1 is 1.19 bits per heavy atom. The zero-order valence-corrected chi connectivity index (χ0v) is 22.2. The number of carbonyl (C=O) groups is 2. The number of thiophene rings is 1. The first kappa shape index (κ1) is 25.3. The van der Waals surface area contributed by atoms with E-state index in [0.717, 1.165) is 23.3 Å². The van der Waals surface area contributed by atoms with Crippen molar-refractivity contribution in [1.82, 2.24) is 19.8 Å². The minimum atomic E-state index is -0.138. The Balaban J connectivity index is 1.33. The molecule has 0 bridgehead atoms. The Morgan fingerprint density at radius 2 is 2.03 bits per heavy atom. The Kier molecular flexibility index (Phi) is 7.76. The Morgan fingerprint density at radius 3 is 2.78 bits per heavy atom. The van der Waals surface area contributed by atoms with Gasteiger partial charge in [-0.25, -0.2) is 4.98 Å². The maximum absolute atomic E-state index is 13.7. The van der Waals surface area contributed by atoms with E-state index in [2.05, 4.69) is 17.4 Å². The van der Waals surface area contributed by atoms with Crippen molar-refractivity contribution in [2.75, 3.05) is 18.8 Å². The van der Waals surface area contributed by atoms with Crippen molar-refractivity contribution in [3.05, 3.63) is 80.8 Å². The number of furan rings is 1. The van der Waals surface area contributed by atoms with Crippen LogP contribution in [-0.2, 0) is 35.5 Å². The number of amides is 2. The summed E-state index contributed by atoms with van der Waals surface area (Å²) in [7, 11) is 0. The van der Waals surface area contributed by atoms with Crippen LogP contribution in [0, 0.1) is 0 Å². The molecule has 3 aromatic heterocycles. The molecule has 0 saturated carbocycles. The average molecular weight is 537 g/mol. The van der Waals surface area contributed by atoms with Crippen molar-refractivity contribution in [2.24, 2.45) is 0 Å². The molecular formula is C27H28N4O4S2. The molecule has 0 radical (unpaired) electrons. The Bertz CT molecular complexity index is 1460. The second-order valence-electron chi connectivity index (χ2n) is 8.97. The summed E-state index contributed by atoms with van der Waals surface area (Å²) < 4.78 is 7.10. The molecule has 10 heteroatoms. The minimum Gasteiger partial charge on any atom is -0.467 e. The SMILES string of the molecule is CC(=O)N1CCc2c(sc3nc(SCC(=O)NCCCc4ccccc4)n(Cc4ccco4)c(=O)c23)C1. The number of carbonyl (C=O) groups excluding carboxylic acids is 2. The smallest absolute Gasteiger partial charge is 0.263 e. The number of hydrogen-bond donors (Lipinski definition) is 1. The van der Waals surface area contributed by atoms with E-state index < -0.39 is 0 Å². The molecule has 0 fully saturated rings. The molecule has 0 aliphatic carbocycles. The van der Waals surface area contributed by atoms with Gasteiger partial charge in [0.25, 0.3) is 5.56 Å². The van der Waals surface area contributed by atoms with Gasteiger partial charge in [-0.3, -0.25) is 19.0 Å². The van der Waals surface area contributed by atoms with E-state index in [4.69, 9.17) is 9.40 Å². The fourth-order valence-corrected chi connectivity index (χ4v) is 6.59. The summed E-state index contributed by atoms with van der Waals surface area (Å²) >= 11 is 2.71. The molecule has 4 aromatic rings. The average Bonchev–Trinajstić information content (AvgIpc) is 3.55. The summed E-state index contributed by atoms with van der Waals surface area (Å²) in [6.07, 6.45) is 3.96. The van der Waals surface area contributed by atoms with Crippen molar-refractivity contribution < 1.29 is 14.0 Å². The number of aryl methyl sites for hydroxylation is 1. The molecule has 0 saturated heterocycles. The van der Waals surface area contributed by atoms with Gasteiger partial charge in [0.05, 0.1) is 30.5 Å². The van der Waals surface area contributed by atoms with Gasteiger partial charge in [0.2, 0.25) is 11.8 Å². The summed E-state index contributed by atoms with van der Waals surface area (Å²) in [5.41, 5.74) is 2.09. The number of nitrogens with zero attached hydrogens (tertiary/aromatic N) is 3. The van der Waals surface area contributed by atoms with Gasteiger partial charge in [0.15, 0.2) is 5.16 Å². The topological polar surface area (TPSA) is 97.4 Å². The molecule has 2 amide bonds. The summed E-state index contributed by atoms with van der Waals surface area (Å²) in [4.78, 5) is 46.4. The van der Waals surface area contributed by atoms with E-state index in [1.54, 1.807) is 28.7 Å². The molecule has 0 unspecified atom stereocenters. The third kappa shape index (κ3) is 5.80. The molecule has 0 atom stereocenters. The van der Waals surface area contributed by atoms with Crippen molar-refractivity contribution in [3.8, 4) is 0 Å². The van der Waals surface area contributed by atoms with E-state index in [0.29, 0.717) is 47.2 Å². The maximum Gasteiger partial charge on any atom is 0.263 e. The minimum absolute atomic E-state index is 0.0253. The quantitative estimate of drug-likeness (QED) is 0.198. The van der Waals surface area contributed by atoms with Crippen LogP contribution < -0.4 is 10.9 Å². The third-order valence-electron chi connectivity index (χ3n) is 6.40. The van der Waals surface area contributed by atoms with Crippen LogP contribution in [-0.4, -0.2) is 45.1 Å². The van der Waals surface area contributed by atoms with Crippen LogP contribution in [0.15, 0.2) is 63.1 Å². The predicted octanol–water partition coefficient (Wildman–Crippen LogP) is 3.85. The van der Waals surface area contributed by atoms with Crippen molar-refractivity contribution in [1.29, 1.82) is 0 Å². The number of aromatic nitrogens is 2. The highest BCUT2D eigenvalue weighted by atomic mass is 32.2. The Hall–Kier alpha value is -3.37. The highest BCUT2D eigenvalue weighted by molar-refractivity contribution is 7.99. The monoisotopic (exact) mass is 536 g/mol. The van der Waals surface area contributed by atoms with E-state index >= 15 is 0 Å². The lowest BCUT2D eigenvalue weighted by Gasteiger charge is -2.25. The molecule has 1 aliphatic rings. The van der Waals surface area contributed by atoms with Gasteiger partial charge in [0, 0.05) is 24.9 Å². The van der Waals surface area contributed by atoms with E-state index in [9.17, 15) is 14.4 Å². The zero-order valence-electron chi connectivity index (χ0n) is 20.6. The van der Waals surface area contributed by atoms with Crippen LogP contribution in [0.25, 0.3) is 10.2 Å².